The Kier molecular flexibility index (Phi) is 6.59. The largest absolute Gasteiger partial charge is 0.490 e. The van der Waals surface area contributed by atoms with Gasteiger partial charge < -0.3 is 15.0 Å². The van der Waals surface area contributed by atoms with Crippen LogP contribution in [0.1, 0.15) is 44.0 Å². The first-order valence-corrected chi connectivity index (χ1v) is 11.5. The number of nitrogens with zero attached hydrogens (tertiary/aromatic N) is 2. The van der Waals surface area contributed by atoms with Gasteiger partial charge in [0.2, 0.25) is 0 Å². The lowest BCUT2D eigenvalue weighted by Crippen LogP contribution is -2.50. The molecule has 2 fully saturated rings. The minimum absolute atomic E-state index is 0.138. The van der Waals surface area contributed by atoms with Crippen LogP contribution in [-0.2, 0) is 0 Å². The van der Waals surface area contributed by atoms with E-state index in [9.17, 15) is 4.79 Å². The Morgan fingerprint density at radius 3 is 2.47 bits per heavy atom. The Balaban J connectivity index is 1.42. The SMILES string of the molecule is CC(Oc1ccc2cc(C(=O)N3CCN(C(C)C)CC3)ccc2c1)C1CCCNC1. The van der Waals surface area contributed by atoms with Gasteiger partial charge in [-0.15, -0.1) is 0 Å². The molecule has 5 nitrogen and oxygen atoms in total. The van der Waals surface area contributed by atoms with Gasteiger partial charge in [0.15, 0.2) is 0 Å². The van der Waals surface area contributed by atoms with E-state index in [0.717, 1.165) is 61.4 Å². The zero-order valence-electron chi connectivity index (χ0n) is 18.6. The van der Waals surface area contributed by atoms with Gasteiger partial charge in [0.25, 0.3) is 5.91 Å². The highest BCUT2D eigenvalue weighted by molar-refractivity contribution is 5.98. The lowest BCUT2D eigenvalue weighted by molar-refractivity contribution is 0.0595. The van der Waals surface area contributed by atoms with Gasteiger partial charge in [-0.3, -0.25) is 9.69 Å². The predicted octanol–water partition coefficient (Wildman–Crippen LogP) is 3.77. The van der Waals surface area contributed by atoms with E-state index >= 15 is 0 Å². The van der Waals surface area contributed by atoms with Crippen molar-refractivity contribution in [1.82, 2.24) is 15.1 Å². The molecule has 0 saturated carbocycles. The highest BCUT2D eigenvalue weighted by atomic mass is 16.5. The standard InChI is InChI=1S/C25H35N3O2/c1-18(2)27-11-13-28(14-12-27)25(29)22-7-6-21-16-24(9-8-20(21)15-22)30-19(3)23-5-4-10-26-17-23/h6-9,15-16,18-19,23,26H,4-5,10-14,17H2,1-3H3. The average molecular weight is 410 g/mol. The maximum Gasteiger partial charge on any atom is 0.253 e. The van der Waals surface area contributed by atoms with Crippen LogP contribution >= 0.6 is 0 Å². The van der Waals surface area contributed by atoms with Crippen molar-refractivity contribution in [1.29, 1.82) is 0 Å². The summed E-state index contributed by atoms with van der Waals surface area (Å²) in [6, 6.07) is 12.8. The number of rotatable bonds is 5. The maximum absolute atomic E-state index is 13.0. The lowest BCUT2D eigenvalue weighted by atomic mass is 9.94. The molecule has 162 valence electrons. The van der Waals surface area contributed by atoms with Crippen molar-refractivity contribution < 1.29 is 9.53 Å². The van der Waals surface area contributed by atoms with Crippen molar-refractivity contribution in [2.75, 3.05) is 39.3 Å². The van der Waals surface area contributed by atoms with Gasteiger partial charge in [0.1, 0.15) is 5.75 Å². The molecule has 2 saturated heterocycles. The Morgan fingerprint density at radius 1 is 1.03 bits per heavy atom. The van der Waals surface area contributed by atoms with E-state index in [0.29, 0.717) is 12.0 Å². The molecule has 5 heteroatoms. The van der Waals surface area contributed by atoms with Gasteiger partial charge in [-0.05, 0) is 75.2 Å². The van der Waals surface area contributed by atoms with Crippen molar-refractivity contribution in [3.05, 3.63) is 42.0 Å². The number of hydrogen-bond donors (Lipinski definition) is 1. The molecule has 1 N–H and O–H groups in total. The molecule has 0 aromatic heterocycles. The zero-order valence-corrected chi connectivity index (χ0v) is 18.6. The number of piperidine rings is 1. The molecule has 0 aliphatic carbocycles. The molecule has 4 rings (SSSR count). The van der Waals surface area contributed by atoms with E-state index in [-0.39, 0.29) is 12.0 Å². The molecule has 1 amide bonds. The van der Waals surface area contributed by atoms with E-state index in [1.54, 1.807) is 0 Å². The number of benzene rings is 2. The van der Waals surface area contributed by atoms with Crippen molar-refractivity contribution in [3.8, 4) is 5.75 Å². The zero-order chi connectivity index (χ0) is 21.1. The molecule has 0 radical (unpaired) electrons. The summed E-state index contributed by atoms with van der Waals surface area (Å²) in [5, 5.41) is 5.66. The second kappa shape index (κ2) is 9.36. The number of carbonyl (C=O) groups is 1. The van der Waals surface area contributed by atoms with Crippen LogP contribution in [0.3, 0.4) is 0 Å². The van der Waals surface area contributed by atoms with E-state index < -0.39 is 0 Å². The lowest BCUT2D eigenvalue weighted by Gasteiger charge is -2.37. The summed E-state index contributed by atoms with van der Waals surface area (Å²) in [5.41, 5.74) is 0.774. The van der Waals surface area contributed by atoms with Gasteiger partial charge in [-0.1, -0.05) is 12.1 Å². The molecule has 0 spiro atoms. The van der Waals surface area contributed by atoms with Crippen LogP contribution < -0.4 is 10.1 Å². The Bertz CT molecular complexity index is 868. The van der Waals surface area contributed by atoms with Gasteiger partial charge >= 0.3 is 0 Å². The molecule has 2 aromatic rings. The van der Waals surface area contributed by atoms with E-state index in [1.165, 1.54) is 12.8 Å². The summed E-state index contributed by atoms with van der Waals surface area (Å²) < 4.78 is 6.24. The van der Waals surface area contributed by atoms with Crippen molar-refractivity contribution in [2.45, 2.75) is 45.8 Å². The third kappa shape index (κ3) is 4.79. The topological polar surface area (TPSA) is 44.8 Å². The molecule has 2 heterocycles. The molecule has 2 atom stereocenters. The van der Waals surface area contributed by atoms with E-state index in [1.807, 2.05) is 29.2 Å². The number of piperazine rings is 1. The fraction of sp³-hybridized carbons (Fsp3) is 0.560. The normalized spacial score (nSPS) is 21.7. The van der Waals surface area contributed by atoms with Crippen molar-refractivity contribution in [3.63, 3.8) is 0 Å². The molecule has 2 aliphatic rings. The summed E-state index contributed by atoms with van der Waals surface area (Å²) in [6.45, 7) is 12.3. The average Bonchev–Trinajstić information content (AvgIpc) is 2.79. The van der Waals surface area contributed by atoms with Crippen molar-refractivity contribution >= 4 is 16.7 Å². The van der Waals surface area contributed by atoms with Crippen LogP contribution in [0.2, 0.25) is 0 Å². The second-order valence-electron chi connectivity index (χ2n) is 9.08. The van der Waals surface area contributed by atoms with Crippen LogP contribution in [0.5, 0.6) is 5.75 Å². The number of hydrogen-bond acceptors (Lipinski definition) is 4. The van der Waals surface area contributed by atoms with Gasteiger partial charge in [-0.2, -0.15) is 0 Å². The Hall–Kier alpha value is -2.11. The number of amides is 1. The van der Waals surface area contributed by atoms with Crippen LogP contribution in [0.4, 0.5) is 0 Å². The van der Waals surface area contributed by atoms with Crippen LogP contribution in [0, 0.1) is 5.92 Å². The van der Waals surface area contributed by atoms with E-state index in [4.69, 9.17) is 4.74 Å². The van der Waals surface area contributed by atoms with Crippen molar-refractivity contribution in [2.24, 2.45) is 5.92 Å². The smallest absolute Gasteiger partial charge is 0.253 e. The minimum atomic E-state index is 0.138. The molecular weight excluding hydrogens is 374 g/mol. The molecule has 2 aromatic carbocycles. The summed E-state index contributed by atoms with van der Waals surface area (Å²) in [6.07, 6.45) is 2.64. The quantitative estimate of drug-likeness (QED) is 0.816. The number of carbonyl (C=O) groups excluding carboxylic acids is 1. The Morgan fingerprint density at radius 2 is 1.77 bits per heavy atom. The predicted molar refractivity (Wildman–Crippen MR) is 122 cm³/mol. The maximum atomic E-state index is 13.0. The van der Waals surface area contributed by atoms with E-state index in [2.05, 4.69) is 43.1 Å². The van der Waals surface area contributed by atoms with Crippen LogP contribution in [-0.4, -0.2) is 67.1 Å². The number of nitrogens with one attached hydrogen (secondary N) is 1. The monoisotopic (exact) mass is 409 g/mol. The fourth-order valence-electron chi connectivity index (χ4n) is 4.64. The third-order valence-corrected chi connectivity index (χ3v) is 6.71. The second-order valence-corrected chi connectivity index (χ2v) is 9.08. The third-order valence-electron chi connectivity index (χ3n) is 6.71. The highest BCUT2D eigenvalue weighted by Gasteiger charge is 2.24. The number of ether oxygens (including phenoxy) is 1. The summed E-state index contributed by atoms with van der Waals surface area (Å²) in [7, 11) is 0. The number of fused-ring (bicyclic) bond motifs is 1. The van der Waals surface area contributed by atoms with Gasteiger partial charge in [0, 0.05) is 50.2 Å². The summed E-state index contributed by atoms with van der Waals surface area (Å²) >= 11 is 0. The van der Waals surface area contributed by atoms with Gasteiger partial charge in [-0.25, -0.2) is 0 Å². The first-order valence-electron chi connectivity index (χ1n) is 11.5. The fourth-order valence-corrected chi connectivity index (χ4v) is 4.64. The Labute approximate surface area is 180 Å². The first kappa shape index (κ1) is 21.1. The molecule has 2 unspecified atom stereocenters. The van der Waals surface area contributed by atoms with Crippen LogP contribution in [0.15, 0.2) is 36.4 Å². The molecular formula is C25H35N3O2. The summed E-state index contributed by atoms with van der Waals surface area (Å²) in [4.78, 5) is 17.4. The highest BCUT2D eigenvalue weighted by Crippen LogP contribution is 2.26. The molecule has 2 aliphatic heterocycles. The van der Waals surface area contributed by atoms with Crippen LogP contribution in [0.25, 0.3) is 10.8 Å². The first-order chi connectivity index (χ1) is 14.5. The summed E-state index contributed by atoms with van der Waals surface area (Å²) in [5.74, 6) is 1.61. The molecule has 0 bridgehead atoms. The minimum Gasteiger partial charge on any atom is -0.490 e. The molecule has 30 heavy (non-hydrogen) atoms. The van der Waals surface area contributed by atoms with Gasteiger partial charge in [0.05, 0.1) is 6.10 Å².